The molecule has 2 rings (SSSR count). The van der Waals surface area contributed by atoms with Gasteiger partial charge in [-0.1, -0.05) is 15.9 Å². The van der Waals surface area contributed by atoms with Crippen LogP contribution < -0.4 is 5.73 Å². The highest BCUT2D eigenvalue weighted by atomic mass is 127. The van der Waals surface area contributed by atoms with E-state index in [0.29, 0.717) is 0 Å². The standard InChI is InChI=1S/C9H7BrINS/c10-4-7-6-3-5(12)1-2-8(6)13-9(7)11/h1-3H,4,12H2. The average molecular weight is 368 g/mol. The second-order valence-electron chi connectivity index (χ2n) is 2.74. The van der Waals surface area contributed by atoms with E-state index in [1.807, 2.05) is 23.5 Å². The maximum Gasteiger partial charge on any atom is 0.0706 e. The Labute approximate surface area is 103 Å². The maximum atomic E-state index is 5.74. The highest BCUT2D eigenvalue weighted by Gasteiger charge is 2.08. The van der Waals surface area contributed by atoms with Crippen LogP contribution >= 0.6 is 49.9 Å². The number of benzene rings is 1. The summed E-state index contributed by atoms with van der Waals surface area (Å²) in [6, 6.07) is 6.08. The van der Waals surface area contributed by atoms with Crippen molar-refractivity contribution < 1.29 is 0 Å². The summed E-state index contributed by atoms with van der Waals surface area (Å²) in [4.78, 5) is 0. The molecule has 0 saturated heterocycles. The zero-order chi connectivity index (χ0) is 9.42. The van der Waals surface area contributed by atoms with Crippen molar-refractivity contribution in [3.8, 4) is 0 Å². The van der Waals surface area contributed by atoms with Gasteiger partial charge in [-0.05, 0) is 51.7 Å². The fourth-order valence-corrected chi connectivity index (χ4v) is 4.67. The summed E-state index contributed by atoms with van der Waals surface area (Å²) in [5.41, 5.74) is 7.94. The first-order chi connectivity index (χ1) is 6.22. The van der Waals surface area contributed by atoms with Crippen molar-refractivity contribution in [3.63, 3.8) is 0 Å². The lowest BCUT2D eigenvalue weighted by atomic mass is 10.2. The molecule has 1 heterocycles. The van der Waals surface area contributed by atoms with Crippen LogP contribution in [0.2, 0.25) is 0 Å². The molecule has 0 fully saturated rings. The first kappa shape index (κ1) is 9.73. The Balaban J connectivity index is 2.80. The number of fused-ring (bicyclic) bond motifs is 1. The quantitative estimate of drug-likeness (QED) is 0.460. The summed E-state index contributed by atoms with van der Waals surface area (Å²) in [5.74, 6) is 0. The predicted octanol–water partition coefficient (Wildman–Crippen LogP) is 3.98. The number of hydrogen-bond donors (Lipinski definition) is 1. The Bertz CT molecular complexity index is 452. The Morgan fingerprint density at radius 3 is 2.92 bits per heavy atom. The molecule has 1 nitrogen and oxygen atoms in total. The number of halogens is 2. The number of alkyl halides is 1. The normalized spacial score (nSPS) is 10.9. The van der Waals surface area contributed by atoms with Gasteiger partial charge in [-0.3, -0.25) is 0 Å². The van der Waals surface area contributed by atoms with Crippen molar-refractivity contribution in [3.05, 3.63) is 26.6 Å². The fraction of sp³-hybridized carbons (Fsp3) is 0.111. The average Bonchev–Trinajstić information content (AvgIpc) is 2.40. The van der Waals surface area contributed by atoms with Gasteiger partial charge in [-0.2, -0.15) is 0 Å². The van der Waals surface area contributed by atoms with Crippen molar-refractivity contribution >= 4 is 65.6 Å². The van der Waals surface area contributed by atoms with Gasteiger partial charge in [0, 0.05) is 15.7 Å². The van der Waals surface area contributed by atoms with E-state index >= 15 is 0 Å². The van der Waals surface area contributed by atoms with E-state index in [9.17, 15) is 0 Å². The van der Waals surface area contributed by atoms with Crippen molar-refractivity contribution in [2.24, 2.45) is 0 Å². The largest absolute Gasteiger partial charge is 0.399 e. The molecular weight excluding hydrogens is 361 g/mol. The molecular formula is C9H7BrINS. The van der Waals surface area contributed by atoms with E-state index in [0.717, 1.165) is 11.0 Å². The third-order valence-corrected chi connectivity index (χ3v) is 4.77. The van der Waals surface area contributed by atoms with E-state index in [-0.39, 0.29) is 0 Å². The molecule has 0 atom stereocenters. The van der Waals surface area contributed by atoms with Crippen molar-refractivity contribution in [1.29, 1.82) is 0 Å². The Morgan fingerprint density at radius 2 is 2.23 bits per heavy atom. The molecule has 0 amide bonds. The van der Waals surface area contributed by atoms with Crippen molar-refractivity contribution in [1.82, 2.24) is 0 Å². The minimum absolute atomic E-state index is 0.837. The number of nitrogens with two attached hydrogens (primary N) is 1. The monoisotopic (exact) mass is 367 g/mol. The second kappa shape index (κ2) is 3.74. The fourth-order valence-electron chi connectivity index (χ4n) is 1.26. The lowest BCUT2D eigenvalue weighted by molar-refractivity contribution is 1.52. The smallest absolute Gasteiger partial charge is 0.0706 e. The molecule has 13 heavy (non-hydrogen) atoms. The molecule has 0 aliphatic carbocycles. The third-order valence-electron chi connectivity index (χ3n) is 1.90. The highest BCUT2D eigenvalue weighted by molar-refractivity contribution is 14.1. The predicted molar refractivity (Wildman–Crippen MR) is 71.6 cm³/mol. The van der Waals surface area contributed by atoms with E-state index in [1.54, 1.807) is 0 Å². The molecule has 0 bridgehead atoms. The van der Waals surface area contributed by atoms with E-state index in [4.69, 9.17) is 5.73 Å². The summed E-state index contributed by atoms with van der Waals surface area (Å²) in [7, 11) is 0. The molecule has 4 heteroatoms. The number of anilines is 1. The van der Waals surface area contributed by atoms with Crippen LogP contribution in [0.1, 0.15) is 5.56 Å². The lowest BCUT2D eigenvalue weighted by Gasteiger charge is -1.95. The van der Waals surface area contributed by atoms with Crippen LogP contribution in [0.25, 0.3) is 10.1 Å². The van der Waals surface area contributed by atoms with Gasteiger partial charge in [0.25, 0.3) is 0 Å². The summed E-state index contributed by atoms with van der Waals surface area (Å²) in [5, 5.41) is 2.18. The van der Waals surface area contributed by atoms with Gasteiger partial charge in [-0.15, -0.1) is 11.3 Å². The van der Waals surface area contributed by atoms with Crippen LogP contribution in [-0.4, -0.2) is 0 Å². The SMILES string of the molecule is Nc1ccc2sc(I)c(CBr)c2c1. The molecule has 2 N–H and O–H groups in total. The second-order valence-corrected chi connectivity index (χ2v) is 6.17. The number of thiophene rings is 1. The first-order valence-electron chi connectivity index (χ1n) is 3.74. The topological polar surface area (TPSA) is 26.0 Å². The Hall–Kier alpha value is 0.190. The van der Waals surface area contributed by atoms with Crippen molar-refractivity contribution in [2.45, 2.75) is 5.33 Å². The summed E-state index contributed by atoms with van der Waals surface area (Å²) < 4.78 is 2.66. The summed E-state index contributed by atoms with van der Waals surface area (Å²) in [6.07, 6.45) is 0. The Morgan fingerprint density at radius 1 is 1.46 bits per heavy atom. The van der Waals surface area contributed by atoms with Crippen LogP contribution in [0.4, 0.5) is 5.69 Å². The summed E-state index contributed by atoms with van der Waals surface area (Å²) in [6.45, 7) is 0. The molecule has 68 valence electrons. The molecule has 2 aromatic rings. The number of rotatable bonds is 1. The van der Waals surface area contributed by atoms with Crippen LogP contribution in [0.3, 0.4) is 0 Å². The van der Waals surface area contributed by atoms with Gasteiger partial charge in [0.1, 0.15) is 0 Å². The van der Waals surface area contributed by atoms with Crippen LogP contribution in [-0.2, 0) is 5.33 Å². The summed E-state index contributed by atoms with van der Waals surface area (Å²) >= 11 is 7.68. The van der Waals surface area contributed by atoms with E-state index < -0.39 is 0 Å². The molecule has 0 aliphatic heterocycles. The van der Waals surface area contributed by atoms with Gasteiger partial charge in [0.05, 0.1) is 2.88 Å². The molecule has 0 saturated carbocycles. The maximum absolute atomic E-state index is 5.74. The number of hydrogen-bond acceptors (Lipinski definition) is 2. The molecule has 1 aromatic heterocycles. The van der Waals surface area contributed by atoms with Crippen LogP contribution in [0.5, 0.6) is 0 Å². The van der Waals surface area contributed by atoms with Gasteiger partial charge in [0.15, 0.2) is 0 Å². The van der Waals surface area contributed by atoms with Gasteiger partial charge in [-0.25, -0.2) is 0 Å². The molecule has 0 radical (unpaired) electrons. The van der Waals surface area contributed by atoms with E-state index in [1.165, 1.54) is 18.5 Å². The zero-order valence-corrected chi connectivity index (χ0v) is 11.2. The molecule has 0 unspecified atom stereocenters. The third kappa shape index (κ3) is 1.71. The molecule has 0 aliphatic rings. The number of nitrogen functional groups attached to an aromatic ring is 1. The Kier molecular flexibility index (Phi) is 2.80. The highest BCUT2D eigenvalue weighted by Crippen LogP contribution is 2.34. The lowest BCUT2D eigenvalue weighted by Crippen LogP contribution is -1.83. The minimum atomic E-state index is 0.837. The van der Waals surface area contributed by atoms with Crippen LogP contribution in [0.15, 0.2) is 18.2 Å². The van der Waals surface area contributed by atoms with Crippen molar-refractivity contribution in [2.75, 3.05) is 5.73 Å². The van der Waals surface area contributed by atoms with E-state index in [2.05, 4.69) is 44.6 Å². The first-order valence-corrected chi connectivity index (χ1v) is 6.76. The van der Waals surface area contributed by atoms with Gasteiger partial charge < -0.3 is 5.73 Å². The molecule has 0 spiro atoms. The zero-order valence-electron chi connectivity index (χ0n) is 6.68. The molecule has 1 aromatic carbocycles. The van der Waals surface area contributed by atoms with Gasteiger partial charge in [0.2, 0.25) is 0 Å². The minimum Gasteiger partial charge on any atom is -0.399 e. The van der Waals surface area contributed by atoms with Gasteiger partial charge >= 0.3 is 0 Å². The van der Waals surface area contributed by atoms with Crippen LogP contribution in [0, 0.1) is 2.88 Å².